The predicted octanol–water partition coefficient (Wildman–Crippen LogP) is 4.66. The maximum Gasteiger partial charge on any atom is 0.230 e. The molecule has 1 fully saturated rings. The van der Waals surface area contributed by atoms with Gasteiger partial charge in [-0.15, -0.1) is 11.8 Å². The van der Waals surface area contributed by atoms with Crippen LogP contribution in [0.5, 0.6) is 0 Å². The zero-order valence-electron chi connectivity index (χ0n) is 15.8. The molecule has 0 spiro atoms. The van der Waals surface area contributed by atoms with Gasteiger partial charge >= 0.3 is 0 Å². The fraction of sp³-hybridized carbons (Fsp3) is 0.409. The largest absolute Gasteiger partial charge is 0.353 e. The first-order valence-corrected chi connectivity index (χ1v) is 11.0. The van der Waals surface area contributed by atoms with Crippen LogP contribution in [0, 0.1) is 6.92 Å². The molecule has 144 valence electrons. The molecular formula is C22H27ClN2OS. The molecule has 27 heavy (non-hydrogen) atoms. The van der Waals surface area contributed by atoms with Gasteiger partial charge in [-0.3, -0.25) is 9.69 Å². The van der Waals surface area contributed by atoms with Gasteiger partial charge in [0, 0.05) is 36.5 Å². The third kappa shape index (κ3) is 6.56. The van der Waals surface area contributed by atoms with Crippen molar-refractivity contribution in [3.8, 4) is 0 Å². The Morgan fingerprint density at radius 3 is 2.56 bits per heavy atom. The first kappa shape index (κ1) is 20.2. The number of halogens is 1. The van der Waals surface area contributed by atoms with Crippen molar-refractivity contribution in [1.82, 2.24) is 10.2 Å². The summed E-state index contributed by atoms with van der Waals surface area (Å²) in [6.07, 6.45) is 2.05. The molecule has 1 saturated heterocycles. The molecule has 0 aliphatic carbocycles. The predicted molar refractivity (Wildman–Crippen MR) is 115 cm³/mol. The Balaban J connectivity index is 1.34. The van der Waals surface area contributed by atoms with E-state index in [1.54, 1.807) is 11.8 Å². The van der Waals surface area contributed by atoms with Crippen LogP contribution in [0.4, 0.5) is 0 Å². The third-order valence-corrected chi connectivity index (χ3v) is 6.28. The fourth-order valence-electron chi connectivity index (χ4n) is 3.38. The number of carbonyl (C=O) groups excluding carboxylic acids is 1. The zero-order chi connectivity index (χ0) is 19.1. The van der Waals surface area contributed by atoms with Crippen molar-refractivity contribution in [3.05, 3.63) is 70.2 Å². The number of thioether (sulfide) groups is 1. The summed E-state index contributed by atoms with van der Waals surface area (Å²) in [5.74, 6) is 1.48. The zero-order valence-corrected chi connectivity index (χ0v) is 17.4. The number of benzene rings is 2. The number of piperidine rings is 1. The lowest BCUT2D eigenvalue weighted by Gasteiger charge is -2.32. The number of rotatable bonds is 7. The van der Waals surface area contributed by atoms with E-state index in [4.69, 9.17) is 11.6 Å². The van der Waals surface area contributed by atoms with Crippen molar-refractivity contribution >= 4 is 29.3 Å². The number of nitrogens with zero attached hydrogens (tertiary/aromatic N) is 1. The van der Waals surface area contributed by atoms with E-state index < -0.39 is 0 Å². The van der Waals surface area contributed by atoms with Crippen molar-refractivity contribution in [1.29, 1.82) is 0 Å². The number of hydrogen-bond donors (Lipinski definition) is 1. The first-order valence-electron chi connectivity index (χ1n) is 9.48. The molecule has 1 aliphatic rings. The molecule has 0 atom stereocenters. The van der Waals surface area contributed by atoms with Gasteiger partial charge in [0.25, 0.3) is 0 Å². The Morgan fingerprint density at radius 2 is 1.85 bits per heavy atom. The number of amides is 1. The van der Waals surface area contributed by atoms with Crippen molar-refractivity contribution in [2.24, 2.45) is 0 Å². The van der Waals surface area contributed by atoms with E-state index in [2.05, 4.69) is 41.4 Å². The summed E-state index contributed by atoms with van der Waals surface area (Å²) in [4.78, 5) is 14.7. The van der Waals surface area contributed by atoms with Crippen molar-refractivity contribution in [2.45, 2.75) is 38.1 Å². The molecule has 3 nitrogen and oxygen atoms in total. The Bertz CT molecular complexity index is 742. The van der Waals surface area contributed by atoms with Crippen LogP contribution in [0.2, 0.25) is 5.02 Å². The highest BCUT2D eigenvalue weighted by molar-refractivity contribution is 7.99. The standard InChI is InChI=1S/C22H27ClN2OS/c1-17-4-2-3-5-19(17)14-25-12-10-21(11-13-25)24-22(26)16-27-15-18-6-8-20(23)9-7-18/h2-9,21H,10-16H2,1H3,(H,24,26). The van der Waals surface area contributed by atoms with Gasteiger partial charge < -0.3 is 5.32 Å². The van der Waals surface area contributed by atoms with E-state index in [0.29, 0.717) is 11.8 Å². The number of carbonyl (C=O) groups is 1. The van der Waals surface area contributed by atoms with Crippen LogP contribution < -0.4 is 5.32 Å². The van der Waals surface area contributed by atoms with Crippen LogP contribution in [-0.2, 0) is 17.1 Å². The normalized spacial score (nSPS) is 15.6. The fourth-order valence-corrected chi connectivity index (χ4v) is 4.30. The van der Waals surface area contributed by atoms with E-state index in [1.807, 2.05) is 24.3 Å². The summed E-state index contributed by atoms with van der Waals surface area (Å²) in [6, 6.07) is 16.7. The smallest absolute Gasteiger partial charge is 0.230 e. The SMILES string of the molecule is Cc1ccccc1CN1CCC(NC(=O)CSCc2ccc(Cl)cc2)CC1. The van der Waals surface area contributed by atoms with E-state index >= 15 is 0 Å². The monoisotopic (exact) mass is 402 g/mol. The maximum atomic E-state index is 12.2. The molecule has 2 aromatic rings. The lowest BCUT2D eigenvalue weighted by atomic mass is 10.0. The average Bonchev–Trinajstić information content (AvgIpc) is 2.67. The van der Waals surface area contributed by atoms with Crippen LogP contribution in [-0.4, -0.2) is 35.7 Å². The van der Waals surface area contributed by atoms with Crippen LogP contribution in [0.25, 0.3) is 0 Å². The topological polar surface area (TPSA) is 32.3 Å². The van der Waals surface area contributed by atoms with Crippen molar-refractivity contribution in [3.63, 3.8) is 0 Å². The van der Waals surface area contributed by atoms with Gasteiger partial charge in [0.15, 0.2) is 0 Å². The molecule has 0 radical (unpaired) electrons. The molecule has 2 aromatic carbocycles. The van der Waals surface area contributed by atoms with Gasteiger partial charge in [0.05, 0.1) is 5.75 Å². The molecule has 0 bridgehead atoms. The molecule has 1 aliphatic heterocycles. The average molecular weight is 403 g/mol. The second-order valence-corrected chi connectivity index (χ2v) is 8.59. The second kappa shape index (κ2) is 10.2. The minimum absolute atomic E-state index is 0.145. The van der Waals surface area contributed by atoms with Crippen LogP contribution in [0.15, 0.2) is 48.5 Å². The van der Waals surface area contributed by atoms with Gasteiger partial charge in [0.2, 0.25) is 5.91 Å². The van der Waals surface area contributed by atoms with Gasteiger partial charge in [-0.05, 0) is 48.6 Å². The van der Waals surface area contributed by atoms with Crippen molar-refractivity contribution < 1.29 is 4.79 Å². The highest BCUT2D eigenvalue weighted by atomic mass is 35.5. The van der Waals surface area contributed by atoms with Crippen LogP contribution in [0.1, 0.15) is 29.5 Å². The quantitative estimate of drug-likeness (QED) is 0.730. The van der Waals surface area contributed by atoms with Gasteiger partial charge in [0.1, 0.15) is 0 Å². The minimum atomic E-state index is 0.145. The minimum Gasteiger partial charge on any atom is -0.353 e. The number of likely N-dealkylation sites (tertiary alicyclic amines) is 1. The summed E-state index contributed by atoms with van der Waals surface area (Å²) in [5.41, 5.74) is 3.95. The van der Waals surface area contributed by atoms with Gasteiger partial charge in [-0.2, -0.15) is 0 Å². The summed E-state index contributed by atoms with van der Waals surface area (Å²) < 4.78 is 0. The van der Waals surface area contributed by atoms with Gasteiger partial charge in [-0.25, -0.2) is 0 Å². The van der Waals surface area contributed by atoms with Crippen molar-refractivity contribution in [2.75, 3.05) is 18.8 Å². The summed E-state index contributed by atoms with van der Waals surface area (Å²) >= 11 is 7.54. The highest BCUT2D eigenvalue weighted by Gasteiger charge is 2.20. The Hall–Kier alpha value is -1.49. The molecule has 3 rings (SSSR count). The van der Waals surface area contributed by atoms with E-state index in [0.717, 1.165) is 43.3 Å². The summed E-state index contributed by atoms with van der Waals surface area (Å²) in [5, 5.41) is 3.95. The van der Waals surface area contributed by atoms with Crippen LogP contribution in [0.3, 0.4) is 0 Å². The third-order valence-electron chi connectivity index (χ3n) is 5.02. The molecule has 1 N–H and O–H groups in total. The summed E-state index contributed by atoms with van der Waals surface area (Å²) in [6.45, 7) is 5.25. The molecule has 0 unspecified atom stereocenters. The number of hydrogen-bond acceptors (Lipinski definition) is 3. The van der Waals surface area contributed by atoms with E-state index in [-0.39, 0.29) is 5.91 Å². The van der Waals surface area contributed by atoms with Gasteiger partial charge in [-0.1, -0.05) is 48.0 Å². The molecule has 0 saturated carbocycles. The lowest BCUT2D eigenvalue weighted by Crippen LogP contribution is -2.44. The first-order chi connectivity index (χ1) is 13.1. The number of aryl methyl sites for hydroxylation is 1. The molecular weight excluding hydrogens is 376 g/mol. The second-order valence-electron chi connectivity index (χ2n) is 7.16. The van der Waals surface area contributed by atoms with E-state index in [1.165, 1.54) is 16.7 Å². The summed E-state index contributed by atoms with van der Waals surface area (Å²) in [7, 11) is 0. The Morgan fingerprint density at radius 1 is 1.15 bits per heavy atom. The molecule has 1 heterocycles. The Kier molecular flexibility index (Phi) is 7.62. The van der Waals surface area contributed by atoms with E-state index in [9.17, 15) is 4.79 Å². The molecule has 5 heteroatoms. The lowest BCUT2D eigenvalue weighted by molar-refractivity contribution is -0.119. The molecule has 1 amide bonds. The highest BCUT2D eigenvalue weighted by Crippen LogP contribution is 2.17. The number of nitrogens with one attached hydrogen (secondary N) is 1. The van der Waals surface area contributed by atoms with Crippen LogP contribution >= 0.6 is 23.4 Å². The Labute approximate surface area is 171 Å². The molecule has 0 aromatic heterocycles. The maximum absolute atomic E-state index is 12.2.